The zero-order chi connectivity index (χ0) is 13.4. The molecule has 2 N–H and O–H groups in total. The van der Waals surface area contributed by atoms with E-state index < -0.39 is 11.6 Å². The van der Waals surface area contributed by atoms with Gasteiger partial charge >= 0.3 is 0 Å². The van der Waals surface area contributed by atoms with Gasteiger partial charge in [-0.2, -0.15) is 0 Å². The number of hydrogen-bond donors (Lipinski definition) is 2. The van der Waals surface area contributed by atoms with Gasteiger partial charge in [0.25, 0.3) is 0 Å². The number of hydrogen-bond acceptors (Lipinski definition) is 3. The Balaban J connectivity index is 2.58. The van der Waals surface area contributed by atoms with Crippen molar-refractivity contribution in [1.29, 1.82) is 0 Å². The van der Waals surface area contributed by atoms with Crippen molar-refractivity contribution in [2.24, 2.45) is 0 Å². The molecular weight excluding hydrogens is 240 g/mol. The van der Waals surface area contributed by atoms with Crippen molar-refractivity contribution in [3.8, 4) is 0 Å². The summed E-state index contributed by atoms with van der Waals surface area (Å²) in [4.78, 5) is 0. The summed E-state index contributed by atoms with van der Waals surface area (Å²) >= 11 is 0. The molecule has 5 heteroatoms. The Kier molecular flexibility index (Phi) is 6.78. The number of aliphatic hydroxyl groups excluding tert-OH is 1. The third kappa shape index (κ3) is 5.08. The monoisotopic (exact) mass is 259 g/mol. The van der Waals surface area contributed by atoms with E-state index in [-0.39, 0.29) is 19.3 Å². The van der Waals surface area contributed by atoms with Crippen LogP contribution >= 0.6 is 0 Å². The maximum Gasteiger partial charge on any atom is 0.129 e. The van der Waals surface area contributed by atoms with Crippen molar-refractivity contribution in [1.82, 2.24) is 5.32 Å². The molecule has 0 aliphatic carbocycles. The van der Waals surface area contributed by atoms with Gasteiger partial charge in [-0.15, -0.1) is 0 Å². The van der Waals surface area contributed by atoms with Crippen LogP contribution in [0.5, 0.6) is 0 Å². The van der Waals surface area contributed by atoms with Crippen LogP contribution in [0.2, 0.25) is 0 Å². The summed E-state index contributed by atoms with van der Waals surface area (Å²) in [7, 11) is 0. The van der Waals surface area contributed by atoms with Gasteiger partial charge in [-0.25, -0.2) is 8.78 Å². The first-order valence-electron chi connectivity index (χ1n) is 6.03. The molecular formula is C13H19F2NO2. The Morgan fingerprint density at radius 2 is 2.17 bits per heavy atom. The van der Waals surface area contributed by atoms with Crippen molar-refractivity contribution < 1.29 is 18.6 Å². The van der Waals surface area contributed by atoms with Crippen LogP contribution in [0.15, 0.2) is 18.2 Å². The van der Waals surface area contributed by atoms with Crippen LogP contribution in [-0.2, 0) is 11.2 Å². The highest BCUT2D eigenvalue weighted by molar-refractivity contribution is 5.19. The molecule has 1 aromatic carbocycles. The average Bonchev–Trinajstić information content (AvgIpc) is 2.33. The molecule has 0 spiro atoms. The lowest BCUT2D eigenvalue weighted by Gasteiger charge is -2.18. The Hall–Kier alpha value is -1.04. The Morgan fingerprint density at radius 1 is 1.39 bits per heavy atom. The highest BCUT2D eigenvalue weighted by Gasteiger charge is 2.12. The van der Waals surface area contributed by atoms with Gasteiger partial charge in [0.05, 0.1) is 19.8 Å². The molecule has 18 heavy (non-hydrogen) atoms. The second-order valence-electron chi connectivity index (χ2n) is 3.99. The van der Waals surface area contributed by atoms with Crippen LogP contribution in [0.1, 0.15) is 12.5 Å². The van der Waals surface area contributed by atoms with Gasteiger partial charge in [0, 0.05) is 12.1 Å². The minimum absolute atomic E-state index is 0.0379. The van der Waals surface area contributed by atoms with Crippen LogP contribution < -0.4 is 5.32 Å². The minimum Gasteiger partial charge on any atom is -0.394 e. The molecule has 0 radical (unpaired) electrons. The van der Waals surface area contributed by atoms with E-state index in [9.17, 15) is 8.78 Å². The van der Waals surface area contributed by atoms with Crippen LogP contribution in [0.25, 0.3) is 0 Å². The normalized spacial score (nSPS) is 12.7. The standard InChI is InChI=1S/C13H19F2NO2/c1-2-16-12(9-18-6-5-17)7-10-3-4-11(14)8-13(10)15/h3-4,8,12,16-17H,2,5-7,9H2,1H3. The van der Waals surface area contributed by atoms with E-state index in [2.05, 4.69) is 5.32 Å². The first kappa shape index (κ1) is 15.0. The summed E-state index contributed by atoms with van der Waals surface area (Å²) in [6.07, 6.45) is 0.422. The molecule has 102 valence electrons. The van der Waals surface area contributed by atoms with Gasteiger partial charge in [-0.1, -0.05) is 13.0 Å². The molecule has 0 saturated carbocycles. The predicted octanol–water partition coefficient (Wildman–Crippen LogP) is 1.49. The smallest absolute Gasteiger partial charge is 0.129 e. The molecule has 0 saturated heterocycles. The number of benzene rings is 1. The molecule has 0 fully saturated rings. The number of rotatable bonds is 8. The molecule has 1 atom stereocenters. The molecule has 0 bridgehead atoms. The molecule has 0 aliphatic heterocycles. The highest BCUT2D eigenvalue weighted by Crippen LogP contribution is 2.12. The highest BCUT2D eigenvalue weighted by atomic mass is 19.1. The number of likely N-dealkylation sites (N-methyl/N-ethyl adjacent to an activating group) is 1. The molecule has 1 aromatic rings. The molecule has 0 amide bonds. The van der Waals surface area contributed by atoms with Crippen molar-refractivity contribution in [3.63, 3.8) is 0 Å². The van der Waals surface area contributed by atoms with E-state index >= 15 is 0 Å². The summed E-state index contributed by atoms with van der Waals surface area (Å²) in [5, 5.41) is 11.8. The molecule has 0 aromatic heterocycles. The van der Waals surface area contributed by atoms with Crippen molar-refractivity contribution in [3.05, 3.63) is 35.4 Å². The van der Waals surface area contributed by atoms with Crippen LogP contribution in [0.4, 0.5) is 8.78 Å². The summed E-state index contributed by atoms with van der Waals surface area (Å²) in [6.45, 7) is 3.28. The van der Waals surface area contributed by atoms with Crippen molar-refractivity contribution >= 4 is 0 Å². The second-order valence-corrected chi connectivity index (χ2v) is 3.99. The van der Waals surface area contributed by atoms with Gasteiger partial charge in [-0.3, -0.25) is 0 Å². The fraction of sp³-hybridized carbons (Fsp3) is 0.538. The lowest BCUT2D eigenvalue weighted by atomic mass is 10.1. The fourth-order valence-corrected chi connectivity index (χ4v) is 1.72. The third-order valence-electron chi connectivity index (χ3n) is 2.53. The predicted molar refractivity (Wildman–Crippen MR) is 65.4 cm³/mol. The number of halogens is 2. The fourth-order valence-electron chi connectivity index (χ4n) is 1.72. The second kappa shape index (κ2) is 8.13. The van der Waals surface area contributed by atoms with Gasteiger partial charge in [0.15, 0.2) is 0 Å². The quantitative estimate of drug-likeness (QED) is 0.695. The largest absolute Gasteiger partial charge is 0.394 e. The first-order chi connectivity index (χ1) is 8.67. The molecule has 0 aliphatic rings. The zero-order valence-corrected chi connectivity index (χ0v) is 10.5. The summed E-state index contributed by atoms with van der Waals surface area (Å²) in [6, 6.07) is 3.52. The van der Waals surface area contributed by atoms with E-state index in [1.165, 1.54) is 12.1 Å². The zero-order valence-electron chi connectivity index (χ0n) is 10.5. The van der Waals surface area contributed by atoms with Gasteiger partial charge in [-0.05, 0) is 24.6 Å². The third-order valence-corrected chi connectivity index (χ3v) is 2.53. The van der Waals surface area contributed by atoms with Crippen LogP contribution in [0.3, 0.4) is 0 Å². The van der Waals surface area contributed by atoms with Gasteiger partial charge in [0.1, 0.15) is 11.6 Å². The van der Waals surface area contributed by atoms with Crippen molar-refractivity contribution in [2.75, 3.05) is 26.4 Å². The van der Waals surface area contributed by atoms with E-state index in [0.29, 0.717) is 18.6 Å². The van der Waals surface area contributed by atoms with Crippen LogP contribution in [0, 0.1) is 11.6 Å². The number of ether oxygens (including phenoxy) is 1. The molecule has 3 nitrogen and oxygen atoms in total. The topological polar surface area (TPSA) is 41.5 Å². The first-order valence-corrected chi connectivity index (χ1v) is 6.03. The van der Waals surface area contributed by atoms with E-state index in [0.717, 1.165) is 12.6 Å². The molecule has 1 rings (SSSR count). The number of aliphatic hydroxyl groups is 1. The van der Waals surface area contributed by atoms with E-state index in [1.54, 1.807) is 0 Å². The summed E-state index contributed by atoms with van der Waals surface area (Å²) in [5.74, 6) is -1.12. The van der Waals surface area contributed by atoms with Gasteiger partial charge < -0.3 is 15.2 Å². The minimum atomic E-state index is -0.576. The lowest BCUT2D eigenvalue weighted by molar-refractivity contribution is 0.0769. The summed E-state index contributed by atoms with van der Waals surface area (Å²) in [5.41, 5.74) is 0.454. The Morgan fingerprint density at radius 3 is 2.78 bits per heavy atom. The van der Waals surface area contributed by atoms with Gasteiger partial charge in [0.2, 0.25) is 0 Å². The summed E-state index contributed by atoms with van der Waals surface area (Å²) < 4.78 is 31.5. The maximum absolute atomic E-state index is 13.5. The van der Waals surface area contributed by atoms with Crippen LogP contribution in [-0.4, -0.2) is 37.5 Å². The Bertz CT molecular complexity index is 361. The average molecular weight is 259 g/mol. The number of nitrogens with one attached hydrogen (secondary N) is 1. The maximum atomic E-state index is 13.5. The Labute approximate surface area is 106 Å². The van der Waals surface area contributed by atoms with E-state index in [1.807, 2.05) is 6.92 Å². The SMILES string of the molecule is CCNC(COCCO)Cc1ccc(F)cc1F. The van der Waals surface area contributed by atoms with Crippen molar-refractivity contribution in [2.45, 2.75) is 19.4 Å². The molecule has 1 unspecified atom stereocenters. The lowest BCUT2D eigenvalue weighted by Crippen LogP contribution is -2.36. The molecule has 0 heterocycles. The van der Waals surface area contributed by atoms with E-state index in [4.69, 9.17) is 9.84 Å².